The smallest absolute Gasteiger partial charge is 0.478 e. The molecule has 0 aliphatic rings. The van der Waals surface area contributed by atoms with Crippen LogP contribution in [0.3, 0.4) is 0 Å². The molecule has 2 aromatic rings. The number of halogens is 4. The van der Waals surface area contributed by atoms with Crippen LogP contribution in [0, 0.1) is 0 Å². The van der Waals surface area contributed by atoms with E-state index in [2.05, 4.69) is 20.7 Å². The minimum atomic E-state index is -5.08. The summed E-state index contributed by atoms with van der Waals surface area (Å²) < 4.78 is 60.2. The number of sulfonamides is 1. The molecule has 0 radical (unpaired) electrons. The molecule has 172 valence electrons. The van der Waals surface area contributed by atoms with E-state index < -0.39 is 28.1 Å². The van der Waals surface area contributed by atoms with Crippen molar-refractivity contribution in [3.8, 4) is 0 Å². The van der Waals surface area contributed by atoms with Crippen molar-refractivity contribution in [2.75, 3.05) is 22.7 Å². The lowest BCUT2D eigenvalue weighted by molar-refractivity contribution is -0.192. The fraction of sp³-hybridized carbons (Fsp3) is 0.294. The van der Waals surface area contributed by atoms with E-state index in [1.165, 1.54) is 18.2 Å². The lowest BCUT2D eigenvalue weighted by Crippen LogP contribution is -2.24. The Balaban J connectivity index is 0.000000592. The number of anilines is 2. The molecule has 0 bridgehead atoms. The molecule has 0 amide bonds. The number of carboxylic acid groups (broad SMARTS) is 2. The Bertz CT molecular complexity index is 1040. The molecule has 1 aromatic heterocycles. The van der Waals surface area contributed by atoms with Gasteiger partial charge in [-0.1, -0.05) is 0 Å². The standard InChI is InChI=1S/C15H17BrN2O4S2.C2HF3O2/c1-3-18(4-2)12-6-5-10(15(19)20)9-11(12)17-24(21,22)14-8-7-13(16)23-14;3-2(4,5)1(6)7/h5-9,17H,3-4H2,1-2H3,(H,19,20);(H,6,7). The van der Waals surface area contributed by atoms with Gasteiger partial charge in [0.05, 0.1) is 20.7 Å². The fourth-order valence-electron chi connectivity index (χ4n) is 2.23. The molecule has 0 saturated carbocycles. The zero-order chi connectivity index (χ0) is 24.0. The van der Waals surface area contributed by atoms with Crippen LogP contribution >= 0.6 is 27.3 Å². The number of nitrogens with one attached hydrogen (secondary N) is 1. The summed E-state index contributed by atoms with van der Waals surface area (Å²) in [5.74, 6) is -3.87. The van der Waals surface area contributed by atoms with Gasteiger partial charge in [0, 0.05) is 13.1 Å². The van der Waals surface area contributed by atoms with Crippen molar-refractivity contribution in [3.05, 3.63) is 39.7 Å². The average molecular weight is 547 g/mol. The van der Waals surface area contributed by atoms with E-state index in [1.807, 2.05) is 18.7 Å². The minimum absolute atomic E-state index is 0.0240. The highest BCUT2D eigenvalue weighted by molar-refractivity contribution is 9.11. The summed E-state index contributed by atoms with van der Waals surface area (Å²) in [6.07, 6.45) is -5.08. The summed E-state index contributed by atoms with van der Waals surface area (Å²) >= 11 is 4.33. The first-order valence-corrected chi connectivity index (χ1v) is 11.5. The van der Waals surface area contributed by atoms with E-state index in [1.54, 1.807) is 12.1 Å². The predicted molar refractivity (Wildman–Crippen MR) is 113 cm³/mol. The SMILES string of the molecule is CCN(CC)c1ccc(C(=O)O)cc1NS(=O)(=O)c1ccc(Br)s1.O=C(O)C(F)(F)F. The Kier molecular flexibility index (Phi) is 9.32. The second-order valence-electron chi connectivity index (χ2n) is 5.68. The molecular formula is C17H18BrF3N2O6S2. The van der Waals surface area contributed by atoms with Crippen molar-refractivity contribution < 1.29 is 41.4 Å². The number of aromatic carboxylic acids is 1. The van der Waals surface area contributed by atoms with Crippen LogP contribution in [0.5, 0.6) is 0 Å². The number of carbonyl (C=O) groups is 2. The summed E-state index contributed by atoms with van der Waals surface area (Å²) in [4.78, 5) is 22.1. The van der Waals surface area contributed by atoms with Gasteiger partial charge in [-0.2, -0.15) is 13.2 Å². The predicted octanol–water partition coefficient (Wildman–Crippen LogP) is 4.49. The fourth-order valence-corrected chi connectivity index (χ4v) is 5.30. The van der Waals surface area contributed by atoms with Crippen LogP contribution in [-0.4, -0.2) is 49.8 Å². The molecule has 0 unspecified atom stereocenters. The van der Waals surface area contributed by atoms with Gasteiger partial charge in [-0.05, 0) is 60.1 Å². The molecule has 3 N–H and O–H groups in total. The number of thiophene rings is 1. The highest BCUT2D eigenvalue weighted by Gasteiger charge is 2.38. The van der Waals surface area contributed by atoms with E-state index in [9.17, 15) is 31.5 Å². The van der Waals surface area contributed by atoms with Crippen LogP contribution in [0.2, 0.25) is 0 Å². The van der Waals surface area contributed by atoms with Gasteiger partial charge in [0.1, 0.15) is 4.21 Å². The Hall–Kier alpha value is -2.32. The third-order valence-corrected chi connectivity index (χ3v) is 7.13. The molecule has 0 aliphatic carbocycles. The number of rotatable bonds is 7. The summed E-state index contributed by atoms with van der Waals surface area (Å²) in [6.45, 7) is 5.23. The van der Waals surface area contributed by atoms with Crippen LogP contribution in [-0.2, 0) is 14.8 Å². The number of alkyl halides is 3. The topological polar surface area (TPSA) is 124 Å². The maximum atomic E-state index is 12.6. The van der Waals surface area contributed by atoms with E-state index in [0.717, 1.165) is 11.3 Å². The van der Waals surface area contributed by atoms with E-state index >= 15 is 0 Å². The first-order chi connectivity index (χ1) is 14.2. The average Bonchev–Trinajstić information content (AvgIpc) is 3.10. The van der Waals surface area contributed by atoms with Gasteiger partial charge < -0.3 is 15.1 Å². The molecule has 0 spiro atoms. The minimum Gasteiger partial charge on any atom is -0.478 e. The number of nitrogens with zero attached hydrogens (tertiary/aromatic N) is 1. The van der Waals surface area contributed by atoms with Gasteiger partial charge >= 0.3 is 18.1 Å². The molecule has 0 saturated heterocycles. The highest BCUT2D eigenvalue weighted by Crippen LogP contribution is 2.32. The van der Waals surface area contributed by atoms with E-state index in [4.69, 9.17) is 9.90 Å². The Morgan fingerprint density at radius 3 is 2.06 bits per heavy atom. The molecule has 14 heteroatoms. The third kappa shape index (κ3) is 7.70. The number of aliphatic carboxylic acids is 1. The first kappa shape index (κ1) is 26.7. The van der Waals surface area contributed by atoms with Crippen LogP contribution in [0.4, 0.5) is 24.5 Å². The Morgan fingerprint density at radius 2 is 1.68 bits per heavy atom. The van der Waals surface area contributed by atoms with Gasteiger partial charge in [0.2, 0.25) is 0 Å². The van der Waals surface area contributed by atoms with Crippen molar-refractivity contribution in [2.45, 2.75) is 24.2 Å². The lowest BCUT2D eigenvalue weighted by atomic mass is 10.1. The van der Waals surface area contributed by atoms with E-state index in [0.29, 0.717) is 22.6 Å². The molecule has 0 fully saturated rings. The molecule has 8 nitrogen and oxygen atoms in total. The highest BCUT2D eigenvalue weighted by atomic mass is 79.9. The molecule has 0 atom stereocenters. The van der Waals surface area contributed by atoms with Gasteiger partial charge in [0.15, 0.2) is 0 Å². The van der Waals surface area contributed by atoms with Crippen LogP contribution in [0.1, 0.15) is 24.2 Å². The van der Waals surface area contributed by atoms with Crippen molar-refractivity contribution in [1.82, 2.24) is 0 Å². The second-order valence-corrected chi connectivity index (χ2v) is 10.0. The zero-order valence-corrected chi connectivity index (χ0v) is 19.3. The summed E-state index contributed by atoms with van der Waals surface area (Å²) in [5, 5.41) is 16.3. The van der Waals surface area contributed by atoms with Gasteiger partial charge in [-0.15, -0.1) is 11.3 Å². The lowest BCUT2D eigenvalue weighted by Gasteiger charge is -2.24. The van der Waals surface area contributed by atoms with Crippen LogP contribution < -0.4 is 9.62 Å². The third-order valence-electron chi connectivity index (χ3n) is 3.65. The van der Waals surface area contributed by atoms with Crippen LogP contribution in [0.15, 0.2) is 38.3 Å². The van der Waals surface area contributed by atoms with Gasteiger partial charge in [-0.3, -0.25) is 4.72 Å². The normalized spacial score (nSPS) is 11.3. The Morgan fingerprint density at radius 1 is 1.13 bits per heavy atom. The largest absolute Gasteiger partial charge is 0.490 e. The quantitative estimate of drug-likeness (QED) is 0.467. The number of hydrogen-bond acceptors (Lipinski definition) is 6. The van der Waals surface area contributed by atoms with E-state index in [-0.39, 0.29) is 15.5 Å². The van der Waals surface area contributed by atoms with Crippen molar-refractivity contribution in [1.29, 1.82) is 0 Å². The molecule has 0 aliphatic heterocycles. The van der Waals surface area contributed by atoms with Crippen molar-refractivity contribution in [2.24, 2.45) is 0 Å². The molecule has 1 heterocycles. The summed E-state index contributed by atoms with van der Waals surface area (Å²) in [5.41, 5.74) is 0.920. The van der Waals surface area contributed by atoms with Crippen molar-refractivity contribution >= 4 is 60.6 Å². The molecule has 1 aromatic carbocycles. The Labute approximate surface area is 188 Å². The molecule has 2 rings (SSSR count). The monoisotopic (exact) mass is 546 g/mol. The first-order valence-electron chi connectivity index (χ1n) is 8.43. The zero-order valence-electron chi connectivity index (χ0n) is 16.1. The van der Waals surface area contributed by atoms with Crippen LogP contribution in [0.25, 0.3) is 0 Å². The maximum absolute atomic E-state index is 12.6. The number of benzene rings is 1. The van der Waals surface area contributed by atoms with Gasteiger partial charge in [0.25, 0.3) is 10.0 Å². The number of hydrogen-bond donors (Lipinski definition) is 3. The summed E-state index contributed by atoms with van der Waals surface area (Å²) in [6, 6.07) is 7.58. The van der Waals surface area contributed by atoms with Gasteiger partial charge in [-0.25, -0.2) is 18.0 Å². The second kappa shape index (κ2) is 10.8. The molecule has 31 heavy (non-hydrogen) atoms. The maximum Gasteiger partial charge on any atom is 0.490 e. The number of carboxylic acids is 2. The summed E-state index contributed by atoms with van der Waals surface area (Å²) in [7, 11) is -3.79. The van der Waals surface area contributed by atoms with Crippen molar-refractivity contribution in [3.63, 3.8) is 0 Å². The molecular weight excluding hydrogens is 529 g/mol.